The molecule has 2 rings (SSSR count). The lowest BCUT2D eigenvalue weighted by atomic mass is 10.1. The van der Waals surface area contributed by atoms with Gasteiger partial charge in [-0.2, -0.15) is 0 Å². The number of carbonyl (C=O) groups excluding carboxylic acids is 1. The van der Waals surface area contributed by atoms with Gasteiger partial charge in [0, 0.05) is 12.6 Å². The molecule has 3 heteroatoms. The van der Waals surface area contributed by atoms with Crippen molar-refractivity contribution in [3.8, 4) is 12.3 Å². The van der Waals surface area contributed by atoms with Gasteiger partial charge < -0.3 is 4.90 Å². The van der Waals surface area contributed by atoms with Crippen LogP contribution in [-0.4, -0.2) is 23.5 Å². The molecular weight excluding hydrogens is 289 g/mol. The number of benzene rings is 1. The highest BCUT2D eigenvalue weighted by Gasteiger charge is 2.25. The Morgan fingerprint density at radius 3 is 2.70 bits per heavy atom. The number of alkyl halides is 1. The van der Waals surface area contributed by atoms with Gasteiger partial charge in [-0.05, 0) is 31.1 Å². The first-order valence-electron chi connectivity index (χ1n) is 7.48. The van der Waals surface area contributed by atoms with Crippen molar-refractivity contribution in [3.05, 3.63) is 72.0 Å². The maximum absolute atomic E-state index is 14.1. The molecule has 1 amide bonds. The minimum Gasteiger partial charge on any atom is -0.312 e. The summed E-state index contributed by atoms with van der Waals surface area (Å²) in [6.45, 7) is 4.02. The van der Waals surface area contributed by atoms with E-state index < -0.39 is 12.1 Å². The van der Waals surface area contributed by atoms with Crippen LogP contribution in [0.15, 0.2) is 66.4 Å². The fraction of sp³-hybridized carbons (Fsp3) is 0.250. The van der Waals surface area contributed by atoms with Gasteiger partial charge in [-0.1, -0.05) is 48.6 Å². The first-order valence-corrected chi connectivity index (χ1v) is 7.48. The van der Waals surface area contributed by atoms with Crippen LogP contribution in [0.25, 0.3) is 0 Å². The van der Waals surface area contributed by atoms with Gasteiger partial charge in [0.2, 0.25) is 0 Å². The van der Waals surface area contributed by atoms with Crippen LogP contribution in [-0.2, 0) is 11.2 Å². The van der Waals surface area contributed by atoms with Crippen LogP contribution in [0.4, 0.5) is 4.39 Å². The van der Waals surface area contributed by atoms with Crippen molar-refractivity contribution in [2.24, 2.45) is 0 Å². The Morgan fingerprint density at radius 1 is 1.43 bits per heavy atom. The van der Waals surface area contributed by atoms with Crippen molar-refractivity contribution in [3.63, 3.8) is 0 Å². The van der Waals surface area contributed by atoms with E-state index in [1.165, 1.54) is 4.90 Å². The molecule has 0 N–H and O–H groups in total. The van der Waals surface area contributed by atoms with Gasteiger partial charge in [-0.3, -0.25) is 4.79 Å². The van der Waals surface area contributed by atoms with E-state index >= 15 is 0 Å². The first-order chi connectivity index (χ1) is 11.1. The third-order valence-corrected chi connectivity index (χ3v) is 3.13. The number of nitrogens with zero attached hydrogens (tertiary/aromatic N) is 1. The Bertz CT molecular complexity index is 623. The number of rotatable bonds is 4. The fourth-order valence-electron chi connectivity index (χ4n) is 2.06. The first kappa shape index (κ1) is 18.4. The number of hydrogen-bond donors (Lipinski definition) is 0. The normalized spacial score (nSPS) is 16.1. The minimum atomic E-state index is -1.50. The molecule has 0 saturated heterocycles. The molecule has 0 fully saturated rings. The van der Waals surface area contributed by atoms with Crippen LogP contribution >= 0.6 is 0 Å². The second-order valence-corrected chi connectivity index (χ2v) is 5.00. The van der Waals surface area contributed by atoms with E-state index in [9.17, 15) is 9.18 Å². The molecule has 0 saturated carbocycles. The van der Waals surface area contributed by atoms with Gasteiger partial charge in [0.1, 0.15) is 0 Å². The largest absolute Gasteiger partial charge is 0.312 e. The molecule has 1 heterocycles. The number of amides is 1. The molecule has 0 spiro atoms. The lowest BCUT2D eigenvalue weighted by Crippen LogP contribution is -2.33. The average molecular weight is 311 g/mol. The lowest BCUT2D eigenvalue weighted by Gasteiger charge is -2.16. The zero-order valence-corrected chi connectivity index (χ0v) is 13.6. The van der Waals surface area contributed by atoms with E-state index in [1.54, 1.807) is 13.1 Å². The summed E-state index contributed by atoms with van der Waals surface area (Å²) < 4.78 is 14.1. The van der Waals surface area contributed by atoms with Crippen molar-refractivity contribution in [2.75, 3.05) is 6.54 Å². The summed E-state index contributed by atoms with van der Waals surface area (Å²) in [5.41, 5.74) is 1.84. The Kier molecular flexibility index (Phi) is 8.17. The predicted octanol–water partition coefficient (Wildman–Crippen LogP) is 4.07. The van der Waals surface area contributed by atoms with Crippen LogP contribution in [0.5, 0.6) is 0 Å². The topological polar surface area (TPSA) is 20.3 Å². The zero-order valence-electron chi connectivity index (χ0n) is 13.6. The summed E-state index contributed by atoms with van der Waals surface area (Å²) >= 11 is 0. The summed E-state index contributed by atoms with van der Waals surface area (Å²) in [5.74, 6) is 1.77. The molecule has 1 unspecified atom stereocenters. The molecule has 1 atom stereocenters. The molecular formula is C20H22FNO. The van der Waals surface area contributed by atoms with Gasteiger partial charge in [-0.15, -0.1) is 12.3 Å². The molecule has 2 nitrogen and oxygen atoms in total. The Hall–Kier alpha value is -2.60. The number of carbonyl (C=O) groups is 1. The Labute approximate surface area is 138 Å². The SMILES string of the molecule is C#CC.C/C=C\C=C1\C=CN(C(=O)C(F)Cc2ccccc2)C1. The highest BCUT2D eigenvalue weighted by Crippen LogP contribution is 2.16. The zero-order chi connectivity index (χ0) is 17.1. The molecule has 0 aromatic heterocycles. The number of hydrogen-bond acceptors (Lipinski definition) is 1. The lowest BCUT2D eigenvalue weighted by molar-refractivity contribution is -0.133. The molecule has 1 aromatic carbocycles. The standard InChI is InChI=1S/C17H18FNO.C3H4/c1-2-3-7-15-10-11-19(13-15)17(20)16(18)12-14-8-5-4-6-9-14;1-3-2/h2-11,16H,12-13H2,1H3;1H,2H3/b3-2-,15-7-;. The van der Waals surface area contributed by atoms with Gasteiger partial charge >= 0.3 is 0 Å². The molecule has 1 aliphatic heterocycles. The summed E-state index contributed by atoms with van der Waals surface area (Å²) in [6.07, 6.45) is 12.5. The van der Waals surface area contributed by atoms with Crippen molar-refractivity contribution in [2.45, 2.75) is 26.4 Å². The second kappa shape index (κ2) is 10.2. The maximum Gasteiger partial charge on any atom is 0.261 e. The molecule has 0 aliphatic carbocycles. The fourth-order valence-corrected chi connectivity index (χ4v) is 2.06. The summed E-state index contributed by atoms with van der Waals surface area (Å²) in [4.78, 5) is 13.5. The van der Waals surface area contributed by atoms with Crippen LogP contribution in [0, 0.1) is 12.3 Å². The van der Waals surface area contributed by atoms with E-state index in [0.717, 1.165) is 11.1 Å². The third kappa shape index (κ3) is 6.36. The second-order valence-electron chi connectivity index (χ2n) is 5.00. The molecule has 0 bridgehead atoms. The van der Waals surface area contributed by atoms with Crippen molar-refractivity contribution in [1.29, 1.82) is 0 Å². The quantitative estimate of drug-likeness (QED) is 0.768. The van der Waals surface area contributed by atoms with Crippen LogP contribution < -0.4 is 0 Å². The Morgan fingerprint density at radius 2 is 2.09 bits per heavy atom. The predicted molar refractivity (Wildman–Crippen MR) is 93.3 cm³/mol. The van der Waals surface area contributed by atoms with E-state index in [0.29, 0.717) is 6.54 Å². The molecule has 0 radical (unpaired) electrons. The van der Waals surface area contributed by atoms with E-state index in [-0.39, 0.29) is 6.42 Å². The number of terminal acetylenes is 1. The van der Waals surface area contributed by atoms with Crippen molar-refractivity contribution in [1.82, 2.24) is 4.90 Å². The smallest absolute Gasteiger partial charge is 0.261 e. The van der Waals surface area contributed by atoms with Crippen molar-refractivity contribution < 1.29 is 9.18 Å². The highest BCUT2D eigenvalue weighted by molar-refractivity contribution is 5.83. The van der Waals surface area contributed by atoms with Crippen LogP contribution in [0.3, 0.4) is 0 Å². The summed E-state index contributed by atoms with van der Waals surface area (Å²) in [6, 6.07) is 9.23. The van der Waals surface area contributed by atoms with Crippen molar-refractivity contribution >= 4 is 5.91 Å². The van der Waals surface area contributed by atoms with Crippen LogP contribution in [0.1, 0.15) is 19.4 Å². The number of halogens is 1. The van der Waals surface area contributed by atoms with Gasteiger partial charge in [0.05, 0.1) is 6.54 Å². The maximum atomic E-state index is 14.1. The molecule has 23 heavy (non-hydrogen) atoms. The highest BCUT2D eigenvalue weighted by atomic mass is 19.1. The Balaban J connectivity index is 0.000000816. The monoisotopic (exact) mass is 311 g/mol. The van der Waals surface area contributed by atoms with Gasteiger partial charge in [0.25, 0.3) is 5.91 Å². The van der Waals surface area contributed by atoms with E-state index in [4.69, 9.17) is 0 Å². The average Bonchev–Trinajstić information content (AvgIpc) is 3.02. The van der Waals surface area contributed by atoms with Gasteiger partial charge in [0.15, 0.2) is 6.17 Å². The summed E-state index contributed by atoms with van der Waals surface area (Å²) in [5, 5.41) is 0. The van der Waals surface area contributed by atoms with E-state index in [1.807, 2.05) is 61.6 Å². The van der Waals surface area contributed by atoms with Crippen LogP contribution in [0.2, 0.25) is 0 Å². The minimum absolute atomic E-state index is 0.123. The molecule has 1 aromatic rings. The van der Waals surface area contributed by atoms with E-state index in [2.05, 4.69) is 12.3 Å². The van der Waals surface area contributed by atoms with Gasteiger partial charge in [-0.25, -0.2) is 4.39 Å². The molecule has 1 aliphatic rings. The molecule has 120 valence electrons. The number of allylic oxidation sites excluding steroid dienone is 3. The third-order valence-electron chi connectivity index (χ3n) is 3.13. The summed E-state index contributed by atoms with van der Waals surface area (Å²) in [7, 11) is 0.